The second-order valence-electron chi connectivity index (χ2n) is 8.43. The van der Waals surface area contributed by atoms with Gasteiger partial charge < -0.3 is 14.8 Å². The number of nitrogens with zero attached hydrogens (tertiary/aromatic N) is 2. The number of anilines is 1. The minimum atomic E-state index is -0.520. The lowest BCUT2D eigenvalue weighted by molar-refractivity contribution is -0.117. The van der Waals surface area contributed by atoms with Crippen molar-refractivity contribution >= 4 is 45.2 Å². The number of hydrogen-bond acceptors (Lipinski definition) is 6. The van der Waals surface area contributed by atoms with Crippen molar-refractivity contribution in [3.63, 3.8) is 0 Å². The van der Waals surface area contributed by atoms with Crippen molar-refractivity contribution in [3.05, 3.63) is 99.0 Å². The highest BCUT2D eigenvalue weighted by atomic mass is 79.9. The predicted molar refractivity (Wildman–Crippen MR) is 152 cm³/mol. The summed E-state index contributed by atoms with van der Waals surface area (Å²) in [6.07, 6.45) is 1.00. The van der Waals surface area contributed by atoms with E-state index in [4.69, 9.17) is 9.47 Å². The maximum absolute atomic E-state index is 13.5. The van der Waals surface area contributed by atoms with Gasteiger partial charge >= 0.3 is 0 Å². The number of carbonyl (C=O) groups is 2. The monoisotopic (exact) mass is 591 g/mol. The minimum Gasteiger partial charge on any atom is -0.493 e. The van der Waals surface area contributed by atoms with Crippen LogP contribution in [-0.4, -0.2) is 37.8 Å². The van der Waals surface area contributed by atoms with Gasteiger partial charge in [0.2, 0.25) is 5.91 Å². The molecule has 1 unspecified atom stereocenters. The largest absolute Gasteiger partial charge is 0.493 e. The Hall–Kier alpha value is -3.74. The third kappa shape index (κ3) is 6.21. The summed E-state index contributed by atoms with van der Waals surface area (Å²) in [7, 11) is 3.14. The summed E-state index contributed by atoms with van der Waals surface area (Å²) in [4.78, 5) is 28.2. The number of carbonyl (C=O) groups excluding carboxylic acids is 2. The lowest BCUT2D eigenvalue weighted by Crippen LogP contribution is -2.32. The number of methoxy groups -OCH3 is 2. The van der Waals surface area contributed by atoms with E-state index in [9.17, 15) is 14.9 Å². The molecule has 1 atom stereocenters. The highest BCUT2D eigenvalue weighted by Crippen LogP contribution is 2.42. The number of halogens is 1. The summed E-state index contributed by atoms with van der Waals surface area (Å²) in [6, 6.07) is 24.5. The van der Waals surface area contributed by atoms with E-state index in [1.165, 1.54) is 16.7 Å². The van der Waals surface area contributed by atoms with E-state index in [-0.39, 0.29) is 11.5 Å². The Morgan fingerprint density at radius 3 is 2.37 bits per heavy atom. The fourth-order valence-electron chi connectivity index (χ4n) is 4.08. The van der Waals surface area contributed by atoms with Crippen molar-refractivity contribution in [1.29, 1.82) is 5.26 Å². The summed E-state index contributed by atoms with van der Waals surface area (Å²) in [5, 5.41) is 12.7. The van der Waals surface area contributed by atoms with Crippen LogP contribution in [0.15, 0.2) is 87.9 Å². The molecule has 9 heteroatoms. The first kappa shape index (κ1) is 27.3. The molecule has 1 N–H and O–H groups in total. The molecule has 1 fully saturated rings. The molecular weight excluding hydrogens is 566 g/mol. The average molecular weight is 593 g/mol. The van der Waals surface area contributed by atoms with Gasteiger partial charge in [-0.2, -0.15) is 5.26 Å². The second-order valence-corrected chi connectivity index (χ2v) is 10.5. The van der Waals surface area contributed by atoms with Crippen molar-refractivity contribution in [2.24, 2.45) is 0 Å². The normalized spacial score (nSPS) is 16.1. The molecule has 0 saturated carbocycles. The van der Waals surface area contributed by atoms with Crippen molar-refractivity contribution in [2.45, 2.75) is 18.1 Å². The third-order valence-electron chi connectivity index (χ3n) is 6.00. The number of nitriles is 1. The van der Waals surface area contributed by atoms with Crippen LogP contribution in [-0.2, 0) is 22.4 Å². The molecule has 3 aromatic rings. The minimum absolute atomic E-state index is 0.0854. The molecule has 1 heterocycles. The molecule has 1 aliphatic rings. The smallest absolute Gasteiger partial charge is 0.264 e. The lowest BCUT2D eigenvalue weighted by atomic mass is 10.1. The first-order valence-electron chi connectivity index (χ1n) is 11.9. The zero-order chi connectivity index (χ0) is 27.1. The van der Waals surface area contributed by atoms with Gasteiger partial charge in [0.1, 0.15) is 16.7 Å². The maximum Gasteiger partial charge on any atom is 0.264 e. The van der Waals surface area contributed by atoms with Gasteiger partial charge in [-0.25, -0.2) is 0 Å². The molecule has 38 heavy (non-hydrogen) atoms. The molecular formula is C29H26BrN3O4S. The Kier molecular flexibility index (Phi) is 9.10. The quantitative estimate of drug-likeness (QED) is 0.270. The summed E-state index contributed by atoms with van der Waals surface area (Å²) in [5.41, 5.74) is 2.47. The molecule has 4 rings (SSSR count). The van der Waals surface area contributed by atoms with Crippen LogP contribution in [0.4, 0.5) is 5.69 Å². The van der Waals surface area contributed by atoms with Crippen LogP contribution in [0.5, 0.6) is 11.5 Å². The average Bonchev–Trinajstić information content (AvgIpc) is 3.25. The van der Waals surface area contributed by atoms with Crippen LogP contribution >= 0.6 is 27.7 Å². The Morgan fingerprint density at radius 2 is 1.71 bits per heavy atom. The Bertz CT molecular complexity index is 1390. The van der Waals surface area contributed by atoms with Crippen molar-refractivity contribution < 1.29 is 19.1 Å². The molecule has 194 valence electrons. The van der Waals surface area contributed by atoms with Gasteiger partial charge in [0.05, 0.1) is 19.5 Å². The predicted octanol–water partition coefficient (Wildman–Crippen LogP) is 5.25. The van der Waals surface area contributed by atoms with Crippen molar-refractivity contribution in [1.82, 2.24) is 5.32 Å². The molecule has 7 nitrogen and oxygen atoms in total. The molecule has 0 radical (unpaired) electrons. The van der Waals surface area contributed by atoms with Crippen LogP contribution in [0, 0.1) is 11.3 Å². The lowest BCUT2D eigenvalue weighted by Gasteiger charge is -2.18. The molecule has 0 aromatic heterocycles. The molecule has 1 saturated heterocycles. The Labute approximate surface area is 234 Å². The second kappa shape index (κ2) is 12.7. The SMILES string of the molecule is COc1ccc(CCNC(=O)/C(C#N)=C2/SC(Cc3ccc(Br)cc3)C(=O)N2c2ccccc2)cc1OC. The fourth-order valence-corrected chi connectivity index (χ4v) is 5.65. The molecule has 2 amide bonds. The first-order chi connectivity index (χ1) is 18.4. The molecule has 0 bridgehead atoms. The number of ether oxygens (including phenoxy) is 2. The van der Waals surface area contributed by atoms with E-state index in [0.29, 0.717) is 41.6 Å². The highest BCUT2D eigenvalue weighted by Gasteiger charge is 2.40. The first-order valence-corrected chi connectivity index (χ1v) is 13.6. The van der Waals surface area contributed by atoms with Crippen LogP contribution in [0.2, 0.25) is 0 Å². The van der Waals surface area contributed by atoms with Gasteiger partial charge in [0.25, 0.3) is 5.91 Å². The van der Waals surface area contributed by atoms with Crippen LogP contribution < -0.4 is 19.7 Å². The molecule has 0 aliphatic carbocycles. The van der Waals surface area contributed by atoms with E-state index in [1.54, 1.807) is 26.4 Å². The van der Waals surface area contributed by atoms with Crippen LogP contribution in [0.25, 0.3) is 0 Å². The number of nitrogens with one attached hydrogen (secondary N) is 1. The Morgan fingerprint density at radius 1 is 1.03 bits per heavy atom. The number of rotatable bonds is 9. The van der Waals surface area contributed by atoms with E-state index in [1.807, 2.05) is 66.7 Å². The topological polar surface area (TPSA) is 91.7 Å². The van der Waals surface area contributed by atoms with Gasteiger partial charge in [0, 0.05) is 16.7 Å². The number of hydrogen-bond donors (Lipinski definition) is 1. The zero-order valence-corrected chi connectivity index (χ0v) is 23.3. The Balaban J connectivity index is 1.55. The third-order valence-corrected chi connectivity index (χ3v) is 7.79. The zero-order valence-electron chi connectivity index (χ0n) is 20.9. The van der Waals surface area contributed by atoms with Crippen LogP contribution in [0.3, 0.4) is 0 Å². The maximum atomic E-state index is 13.5. The van der Waals surface area contributed by atoms with E-state index in [0.717, 1.165) is 15.6 Å². The summed E-state index contributed by atoms with van der Waals surface area (Å²) >= 11 is 4.68. The van der Waals surface area contributed by atoms with Gasteiger partial charge in [-0.05, 0) is 60.4 Å². The molecule has 0 spiro atoms. The van der Waals surface area contributed by atoms with Gasteiger partial charge in [-0.1, -0.05) is 64.1 Å². The summed E-state index contributed by atoms with van der Waals surface area (Å²) in [6.45, 7) is 0.305. The standard InChI is InChI=1S/C29H26BrN3O4S/c1-36-24-13-10-20(16-25(24)37-2)14-15-32-27(34)23(18-31)29-33(22-6-4-3-5-7-22)28(35)26(38-29)17-19-8-11-21(30)12-9-19/h3-13,16,26H,14-15,17H2,1-2H3,(H,32,34)/b29-23+. The van der Waals surface area contributed by atoms with Gasteiger partial charge in [-0.3, -0.25) is 14.5 Å². The number of amides is 2. The van der Waals surface area contributed by atoms with Crippen molar-refractivity contribution in [2.75, 3.05) is 25.7 Å². The number of thioether (sulfide) groups is 1. The van der Waals surface area contributed by atoms with E-state index in [2.05, 4.69) is 21.2 Å². The summed E-state index contributed by atoms with van der Waals surface area (Å²) in [5.74, 6) is 0.546. The fraction of sp³-hybridized carbons (Fsp3) is 0.207. The number of para-hydroxylation sites is 1. The molecule has 1 aliphatic heterocycles. The molecule has 3 aromatic carbocycles. The van der Waals surface area contributed by atoms with Crippen LogP contribution in [0.1, 0.15) is 11.1 Å². The van der Waals surface area contributed by atoms with E-state index < -0.39 is 11.2 Å². The van der Waals surface area contributed by atoms with E-state index >= 15 is 0 Å². The van der Waals surface area contributed by atoms with Crippen molar-refractivity contribution in [3.8, 4) is 17.6 Å². The van der Waals surface area contributed by atoms with Gasteiger partial charge in [-0.15, -0.1) is 0 Å². The summed E-state index contributed by atoms with van der Waals surface area (Å²) < 4.78 is 11.6. The highest BCUT2D eigenvalue weighted by molar-refractivity contribution is 9.10. The number of benzene rings is 3. The van der Waals surface area contributed by atoms with Gasteiger partial charge in [0.15, 0.2) is 11.5 Å².